The second kappa shape index (κ2) is 8.79. The van der Waals surface area contributed by atoms with Crippen LogP contribution in [-0.2, 0) is 4.74 Å². The van der Waals surface area contributed by atoms with Crippen LogP contribution in [0.3, 0.4) is 0 Å². The molecule has 0 unspecified atom stereocenters. The SMILES string of the molecule is Cc1ncc(Nc2nc(N[C@H]3CC[C@H](N4CCOCC4)CC3)c3ncccc3n2)s1. The number of morpholine rings is 1. The highest BCUT2D eigenvalue weighted by atomic mass is 32.1. The van der Waals surface area contributed by atoms with Gasteiger partial charge in [0.15, 0.2) is 5.82 Å². The summed E-state index contributed by atoms with van der Waals surface area (Å²) in [6.45, 7) is 5.85. The van der Waals surface area contributed by atoms with Gasteiger partial charge in [-0.3, -0.25) is 9.88 Å². The molecule has 9 heteroatoms. The molecule has 0 atom stereocenters. The quantitative estimate of drug-likeness (QED) is 0.641. The Morgan fingerprint density at radius 2 is 1.93 bits per heavy atom. The lowest BCUT2D eigenvalue weighted by Crippen LogP contribution is -2.46. The zero-order chi connectivity index (χ0) is 20.3. The van der Waals surface area contributed by atoms with E-state index in [4.69, 9.17) is 9.72 Å². The van der Waals surface area contributed by atoms with Crippen molar-refractivity contribution < 1.29 is 4.74 Å². The summed E-state index contributed by atoms with van der Waals surface area (Å²) in [5, 5.41) is 8.91. The van der Waals surface area contributed by atoms with E-state index in [1.165, 1.54) is 12.8 Å². The maximum absolute atomic E-state index is 5.50. The zero-order valence-corrected chi connectivity index (χ0v) is 18.0. The maximum atomic E-state index is 5.50. The van der Waals surface area contributed by atoms with Gasteiger partial charge in [-0.25, -0.2) is 9.97 Å². The average molecular weight is 426 g/mol. The number of pyridine rings is 1. The van der Waals surface area contributed by atoms with Crippen LogP contribution < -0.4 is 10.6 Å². The van der Waals surface area contributed by atoms with Crippen LogP contribution in [0.1, 0.15) is 30.7 Å². The number of hydrogen-bond acceptors (Lipinski definition) is 9. The number of nitrogens with one attached hydrogen (secondary N) is 2. The number of thiazole rings is 1. The van der Waals surface area contributed by atoms with Gasteiger partial charge >= 0.3 is 0 Å². The van der Waals surface area contributed by atoms with Crippen LogP contribution in [0.5, 0.6) is 0 Å². The molecule has 3 aromatic rings. The summed E-state index contributed by atoms with van der Waals surface area (Å²) >= 11 is 1.59. The summed E-state index contributed by atoms with van der Waals surface area (Å²) in [5.41, 5.74) is 1.65. The number of fused-ring (bicyclic) bond motifs is 1. The lowest BCUT2D eigenvalue weighted by Gasteiger charge is -2.39. The third-order valence-corrected chi connectivity index (χ3v) is 6.74. The summed E-state index contributed by atoms with van der Waals surface area (Å²) in [5.74, 6) is 1.38. The Kier molecular flexibility index (Phi) is 5.74. The molecule has 158 valence electrons. The van der Waals surface area contributed by atoms with Crippen LogP contribution in [0.2, 0.25) is 0 Å². The minimum absolute atomic E-state index is 0.404. The number of rotatable bonds is 5. The van der Waals surface area contributed by atoms with E-state index in [9.17, 15) is 0 Å². The normalized spacial score (nSPS) is 22.8. The molecule has 8 nitrogen and oxygen atoms in total. The molecule has 5 rings (SSSR count). The Labute approximate surface area is 180 Å². The Morgan fingerprint density at radius 3 is 2.70 bits per heavy atom. The van der Waals surface area contributed by atoms with Gasteiger partial charge in [0.25, 0.3) is 0 Å². The minimum Gasteiger partial charge on any atom is -0.379 e. The number of aryl methyl sites for hydroxylation is 1. The molecule has 1 aliphatic heterocycles. The van der Waals surface area contributed by atoms with Crippen molar-refractivity contribution >= 4 is 39.1 Å². The molecule has 3 aromatic heterocycles. The molecule has 0 bridgehead atoms. The van der Waals surface area contributed by atoms with Gasteiger partial charge < -0.3 is 15.4 Å². The van der Waals surface area contributed by atoms with Crippen molar-refractivity contribution in [2.24, 2.45) is 0 Å². The molecule has 1 aliphatic carbocycles. The summed E-state index contributed by atoms with van der Waals surface area (Å²) in [4.78, 5) is 20.8. The lowest BCUT2D eigenvalue weighted by molar-refractivity contribution is 0.00791. The Balaban J connectivity index is 1.31. The third-order valence-electron chi connectivity index (χ3n) is 5.91. The maximum Gasteiger partial charge on any atom is 0.230 e. The van der Waals surface area contributed by atoms with Crippen molar-refractivity contribution in [2.75, 3.05) is 36.9 Å². The topological polar surface area (TPSA) is 88.1 Å². The second-order valence-electron chi connectivity index (χ2n) is 7.93. The highest BCUT2D eigenvalue weighted by molar-refractivity contribution is 7.15. The van der Waals surface area contributed by atoms with E-state index in [2.05, 4.69) is 30.5 Å². The van der Waals surface area contributed by atoms with Gasteiger partial charge in [-0.2, -0.15) is 4.98 Å². The molecule has 2 N–H and O–H groups in total. The minimum atomic E-state index is 0.404. The molecule has 0 aromatic carbocycles. The standard InChI is InChI=1S/C21H27N7OS/c1-14-23-13-18(30-14)26-21-25-17-3-2-8-22-19(17)20(27-21)24-15-4-6-16(7-5-15)28-9-11-29-12-10-28/h2-3,8,13,15-16H,4-7,9-12H2,1H3,(H2,24,25,26,27)/t15-,16-. The third kappa shape index (κ3) is 4.38. The molecule has 1 saturated carbocycles. The van der Waals surface area contributed by atoms with E-state index in [-0.39, 0.29) is 0 Å². The molecule has 0 amide bonds. The van der Waals surface area contributed by atoms with Crippen molar-refractivity contribution in [2.45, 2.75) is 44.7 Å². The first-order chi connectivity index (χ1) is 14.7. The molecule has 0 spiro atoms. The number of aromatic nitrogens is 4. The Morgan fingerprint density at radius 1 is 1.10 bits per heavy atom. The fourth-order valence-corrected chi connectivity index (χ4v) is 5.05. The van der Waals surface area contributed by atoms with E-state index >= 15 is 0 Å². The summed E-state index contributed by atoms with van der Waals surface area (Å²) in [7, 11) is 0. The van der Waals surface area contributed by atoms with Crippen LogP contribution in [0, 0.1) is 6.92 Å². The van der Waals surface area contributed by atoms with Gasteiger partial charge in [0.05, 0.1) is 29.9 Å². The molecule has 30 heavy (non-hydrogen) atoms. The van der Waals surface area contributed by atoms with E-state index in [1.807, 2.05) is 25.3 Å². The predicted octanol–water partition coefficient (Wildman–Crippen LogP) is 3.59. The van der Waals surface area contributed by atoms with Crippen LogP contribution >= 0.6 is 11.3 Å². The van der Waals surface area contributed by atoms with Crippen molar-refractivity contribution in [3.8, 4) is 0 Å². The first-order valence-corrected chi connectivity index (χ1v) is 11.5. The number of nitrogens with zero attached hydrogens (tertiary/aromatic N) is 5. The molecule has 2 fully saturated rings. The van der Waals surface area contributed by atoms with Crippen molar-refractivity contribution in [1.82, 2.24) is 24.8 Å². The summed E-state index contributed by atoms with van der Waals surface area (Å²) < 4.78 is 5.50. The van der Waals surface area contributed by atoms with Crippen molar-refractivity contribution in [3.05, 3.63) is 29.5 Å². The first-order valence-electron chi connectivity index (χ1n) is 10.6. The van der Waals surface area contributed by atoms with E-state index in [0.29, 0.717) is 18.0 Å². The number of anilines is 3. The number of ether oxygens (including phenoxy) is 1. The molecular formula is C21H27N7OS. The lowest BCUT2D eigenvalue weighted by atomic mass is 9.90. The average Bonchev–Trinajstić information content (AvgIpc) is 3.19. The van der Waals surface area contributed by atoms with Gasteiger partial charge in [0, 0.05) is 31.4 Å². The van der Waals surface area contributed by atoms with Gasteiger partial charge in [0.2, 0.25) is 5.95 Å². The van der Waals surface area contributed by atoms with Crippen LogP contribution in [-0.4, -0.2) is 63.2 Å². The van der Waals surface area contributed by atoms with E-state index < -0.39 is 0 Å². The first kappa shape index (κ1) is 19.6. The Hall–Kier alpha value is -2.36. The zero-order valence-electron chi connectivity index (χ0n) is 17.2. The molecule has 4 heterocycles. The number of hydrogen-bond donors (Lipinski definition) is 2. The van der Waals surface area contributed by atoms with E-state index in [0.717, 1.165) is 66.0 Å². The van der Waals surface area contributed by atoms with Crippen LogP contribution in [0.4, 0.5) is 16.8 Å². The molecule has 2 aliphatic rings. The van der Waals surface area contributed by atoms with Crippen LogP contribution in [0.25, 0.3) is 11.0 Å². The fourth-order valence-electron chi connectivity index (χ4n) is 4.37. The van der Waals surface area contributed by atoms with Crippen molar-refractivity contribution in [3.63, 3.8) is 0 Å². The molecule has 0 radical (unpaired) electrons. The predicted molar refractivity (Wildman–Crippen MR) is 120 cm³/mol. The largest absolute Gasteiger partial charge is 0.379 e. The Bertz CT molecular complexity index is 996. The molecular weight excluding hydrogens is 398 g/mol. The van der Waals surface area contributed by atoms with Gasteiger partial charge in [-0.1, -0.05) is 0 Å². The fraction of sp³-hybridized carbons (Fsp3) is 0.524. The van der Waals surface area contributed by atoms with Gasteiger partial charge in [-0.15, -0.1) is 11.3 Å². The highest BCUT2D eigenvalue weighted by Crippen LogP contribution is 2.29. The monoisotopic (exact) mass is 425 g/mol. The second-order valence-corrected chi connectivity index (χ2v) is 9.17. The smallest absolute Gasteiger partial charge is 0.230 e. The van der Waals surface area contributed by atoms with Gasteiger partial charge in [0.1, 0.15) is 10.5 Å². The van der Waals surface area contributed by atoms with E-state index in [1.54, 1.807) is 17.5 Å². The van der Waals surface area contributed by atoms with Gasteiger partial charge in [-0.05, 0) is 44.7 Å². The summed E-state index contributed by atoms with van der Waals surface area (Å²) in [6, 6.07) is 4.97. The highest BCUT2D eigenvalue weighted by Gasteiger charge is 2.27. The summed E-state index contributed by atoms with van der Waals surface area (Å²) in [6.07, 6.45) is 8.30. The van der Waals surface area contributed by atoms with Crippen molar-refractivity contribution in [1.29, 1.82) is 0 Å². The molecule has 1 saturated heterocycles. The van der Waals surface area contributed by atoms with Crippen LogP contribution in [0.15, 0.2) is 24.5 Å².